The molecule has 0 aromatic rings. The molecule has 0 bridgehead atoms. The van der Waals surface area contributed by atoms with E-state index in [-0.39, 0.29) is 11.8 Å². The Morgan fingerprint density at radius 3 is 2.33 bits per heavy atom. The molecule has 5 nitrogen and oxygen atoms in total. The smallest absolute Gasteiger partial charge is 0.426 e. The molecule has 0 saturated carbocycles. The van der Waals surface area contributed by atoms with Crippen LogP contribution in [-0.2, 0) is 9.53 Å². The van der Waals surface area contributed by atoms with Crippen LogP contribution in [0.2, 0.25) is 0 Å². The number of nitrogens with one attached hydrogen (secondary N) is 2. The third kappa shape index (κ3) is 6.85. The largest absolute Gasteiger partial charge is 0.448 e. The molecule has 0 fully saturated rings. The van der Waals surface area contributed by atoms with Gasteiger partial charge in [0.2, 0.25) is 5.91 Å². The van der Waals surface area contributed by atoms with Crippen LogP contribution in [0.3, 0.4) is 0 Å². The minimum absolute atomic E-state index is 0.285. The van der Waals surface area contributed by atoms with Crippen LogP contribution in [-0.4, -0.2) is 18.6 Å². The van der Waals surface area contributed by atoms with Gasteiger partial charge in [0.1, 0.15) is 0 Å². The Bertz CT molecular complexity index is 168. The first-order valence-electron chi connectivity index (χ1n) is 3.71. The maximum atomic E-state index is 10.7. The SMILES string of the molecule is CC(=O)NNC(=O)OCC(C)C. The predicted molar refractivity (Wildman–Crippen MR) is 43.1 cm³/mol. The van der Waals surface area contributed by atoms with Gasteiger partial charge in [0.05, 0.1) is 6.61 Å². The average molecular weight is 174 g/mol. The summed E-state index contributed by atoms with van der Waals surface area (Å²) < 4.78 is 4.69. The Balaban J connectivity index is 3.40. The van der Waals surface area contributed by atoms with Crippen LogP contribution in [0.15, 0.2) is 0 Å². The summed E-state index contributed by atoms with van der Waals surface area (Å²) in [7, 11) is 0. The highest BCUT2D eigenvalue weighted by atomic mass is 16.6. The van der Waals surface area contributed by atoms with Crippen LogP contribution >= 0.6 is 0 Å². The molecule has 0 spiro atoms. The molecule has 12 heavy (non-hydrogen) atoms. The predicted octanol–water partition coefficient (Wildman–Crippen LogP) is 0.420. The number of amides is 2. The zero-order chi connectivity index (χ0) is 9.56. The fourth-order valence-electron chi connectivity index (χ4n) is 0.417. The van der Waals surface area contributed by atoms with Crippen LogP contribution in [0, 0.1) is 5.92 Å². The van der Waals surface area contributed by atoms with Crippen molar-refractivity contribution in [1.29, 1.82) is 0 Å². The second-order valence-electron chi connectivity index (χ2n) is 2.80. The third-order valence-electron chi connectivity index (χ3n) is 0.888. The van der Waals surface area contributed by atoms with Crippen molar-refractivity contribution < 1.29 is 14.3 Å². The van der Waals surface area contributed by atoms with E-state index in [1.54, 1.807) is 0 Å². The maximum absolute atomic E-state index is 10.7. The van der Waals surface area contributed by atoms with E-state index in [0.717, 1.165) is 0 Å². The van der Waals surface area contributed by atoms with Gasteiger partial charge in [-0.3, -0.25) is 10.2 Å². The number of ether oxygens (including phenoxy) is 1. The van der Waals surface area contributed by atoms with E-state index in [1.807, 2.05) is 13.8 Å². The Labute approximate surface area is 71.4 Å². The first-order valence-corrected chi connectivity index (χ1v) is 3.71. The number of hydrazine groups is 1. The van der Waals surface area contributed by atoms with Crippen molar-refractivity contribution in [2.45, 2.75) is 20.8 Å². The van der Waals surface area contributed by atoms with Gasteiger partial charge in [-0.15, -0.1) is 0 Å². The first kappa shape index (κ1) is 10.7. The van der Waals surface area contributed by atoms with Gasteiger partial charge in [0.25, 0.3) is 0 Å². The molecule has 0 aromatic heterocycles. The molecule has 0 aromatic carbocycles. The molecule has 70 valence electrons. The fourth-order valence-corrected chi connectivity index (χ4v) is 0.417. The average Bonchev–Trinajstić information content (AvgIpc) is 1.96. The van der Waals surface area contributed by atoms with E-state index in [0.29, 0.717) is 6.61 Å². The highest BCUT2D eigenvalue weighted by molar-refractivity contribution is 5.76. The topological polar surface area (TPSA) is 67.4 Å². The summed E-state index contributed by atoms with van der Waals surface area (Å²) in [5.41, 5.74) is 4.18. The molecular weight excluding hydrogens is 160 g/mol. The highest BCUT2D eigenvalue weighted by Gasteiger charge is 2.02. The number of hydrogen-bond donors (Lipinski definition) is 2. The van der Waals surface area contributed by atoms with E-state index in [4.69, 9.17) is 0 Å². The van der Waals surface area contributed by atoms with Crippen molar-refractivity contribution in [2.75, 3.05) is 6.61 Å². The lowest BCUT2D eigenvalue weighted by atomic mass is 10.2. The van der Waals surface area contributed by atoms with Crippen LogP contribution in [0.5, 0.6) is 0 Å². The summed E-state index contributed by atoms with van der Waals surface area (Å²) in [4.78, 5) is 21.0. The third-order valence-corrected chi connectivity index (χ3v) is 0.888. The summed E-state index contributed by atoms with van der Waals surface area (Å²) in [6.07, 6.45) is -0.640. The molecule has 0 aliphatic heterocycles. The minimum Gasteiger partial charge on any atom is -0.448 e. The van der Waals surface area contributed by atoms with Gasteiger partial charge in [0, 0.05) is 6.92 Å². The summed E-state index contributed by atoms with van der Waals surface area (Å²) in [5, 5.41) is 0. The van der Waals surface area contributed by atoms with E-state index in [1.165, 1.54) is 6.92 Å². The number of carbonyl (C=O) groups excluding carboxylic acids is 2. The monoisotopic (exact) mass is 174 g/mol. The Morgan fingerprint density at radius 2 is 1.92 bits per heavy atom. The van der Waals surface area contributed by atoms with Crippen molar-refractivity contribution in [3.63, 3.8) is 0 Å². The number of carbonyl (C=O) groups is 2. The second kappa shape index (κ2) is 5.40. The number of rotatable bonds is 2. The lowest BCUT2D eigenvalue weighted by Crippen LogP contribution is -2.40. The molecular formula is C7H14N2O3. The van der Waals surface area contributed by atoms with Crippen molar-refractivity contribution in [2.24, 2.45) is 5.92 Å². The molecule has 0 unspecified atom stereocenters. The van der Waals surface area contributed by atoms with E-state index in [9.17, 15) is 9.59 Å². The summed E-state index contributed by atoms with van der Waals surface area (Å²) >= 11 is 0. The molecule has 0 heterocycles. The first-order chi connectivity index (χ1) is 5.52. The van der Waals surface area contributed by atoms with E-state index >= 15 is 0 Å². The van der Waals surface area contributed by atoms with Crippen LogP contribution < -0.4 is 10.9 Å². The number of hydrogen-bond acceptors (Lipinski definition) is 3. The molecule has 5 heteroatoms. The van der Waals surface area contributed by atoms with Gasteiger partial charge < -0.3 is 4.74 Å². The van der Waals surface area contributed by atoms with Crippen LogP contribution in [0.1, 0.15) is 20.8 Å². The Kier molecular flexibility index (Phi) is 4.83. The van der Waals surface area contributed by atoms with Crippen LogP contribution in [0.25, 0.3) is 0 Å². The van der Waals surface area contributed by atoms with Crippen molar-refractivity contribution in [3.05, 3.63) is 0 Å². The Morgan fingerprint density at radius 1 is 1.33 bits per heavy atom. The summed E-state index contributed by atoms with van der Waals surface area (Å²) in [6, 6.07) is 0. The van der Waals surface area contributed by atoms with Crippen LogP contribution in [0.4, 0.5) is 4.79 Å². The van der Waals surface area contributed by atoms with Gasteiger partial charge in [-0.2, -0.15) is 0 Å². The zero-order valence-electron chi connectivity index (χ0n) is 7.51. The standard InChI is InChI=1S/C7H14N2O3/c1-5(2)4-12-7(11)9-8-6(3)10/h5H,4H2,1-3H3,(H,8,10)(H,9,11). The molecule has 2 amide bonds. The molecule has 0 atom stereocenters. The Hall–Kier alpha value is -1.26. The second-order valence-corrected chi connectivity index (χ2v) is 2.80. The molecule has 0 aliphatic rings. The molecule has 0 radical (unpaired) electrons. The van der Waals surface area contributed by atoms with Gasteiger partial charge in [-0.25, -0.2) is 10.2 Å². The molecule has 0 saturated heterocycles. The maximum Gasteiger partial charge on any atom is 0.426 e. The van der Waals surface area contributed by atoms with Gasteiger partial charge in [-0.1, -0.05) is 13.8 Å². The quantitative estimate of drug-likeness (QED) is 0.596. The zero-order valence-corrected chi connectivity index (χ0v) is 7.51. The van der Waals surface area contributed by atoms with Crippen molar-refractivity contribution in [3.8, 4) is 0 Å². The van der Waals surface area contributed by atoms with Gasteiger partial charge in [0.15, 0.2) is 0 Å². The van der Waals surface area contributed by atoms with Gasteiger partial charge in [-0.05, 0) is 5.92 Å². The normalized spacial score (nSPS) is 9.33. The molecule has 2 N–H and O–H groups in total. The van der Waals surface area contributed by atoms with Gasteiger partial charge >= 0.3 is 6.09 Å². The van der Waals surface area contributed by atoms with E-state index < -0.39 is 6.09 Å². The van der Waals surface area contributed by atoms with Crippen molar-refractivity contribution >= 4 is 12.0 Å². The van der Waals surface area contributed by atoms with Crippen molar-refractivity contribution in [1.82, 2.24) is 10.9 Å². The van der Waals surface area contributed by atoms with E-state index in [2.05, 4.69) is 15.6 Å². The lowest BCUT2D eigenvalue weighted by Gasteiger charge is -2.07. The summed E-state index contributed by atoms with van der Waals surface area (Å²) in [6.45, 7) is 5.48. The molecule has 0 aliphatic carbocycles. The fraction of sp³-hybridized carbons (Fsp3) is 0.714. The molecule has 0 rings (SSSR count). The summed E-state index contributed by atoms with van der Waals surface area (Å²) in [5.74, 6) is -0.0513. The highest BCUT2D eigenvalue weighted by Crippen LogP contribution is 1.91. The minimum atomic E-state index is -0.640. The lowest BCUT2D eigenvalue weighted by molar-refractivity contribution is -0.119.